The Labute approximate surface area is 117 Å². The van der Waals surface area contributed by atoms with E-state index in [1.54, 1.807) is 0 Å². The average molecular weight is 271 g/mol. The monoisotopic (exact) mass is 271 g/mol. The first-order valence-corrected chi connectivity index (χ1v) is 6.40. The summed E-state index contributed by atoms with van der Waals surface area (Å²) >= 11 is 0. The fourth-order valence-electron chi connectivity index (χ4n) is 2.04. The van der Waals surface area contributed by atoms with E-state index in [1.807, 2.05) is 38.1 Å². The van der Waals surface area contributed by atoms with Crippen LogP contribution in [0.2, 0.25) is 0 Å². The molecule has 2 rings (SSSR count). The summed E-state index contributed by atoms with van der Waals surface area (Å²) < 4.78 is 1.15. The molecule has 0 aliphatic rings. The minimum absolute atomic E-state index is 0.122. The summed E-state index contributed by atoms with van der Waals surface area (Å²) in [6.45, 7) is 3.92. The van der Waals surface area contributed by atoms with E-state index in [-0.39, 0.29) is 23.2 Å². The van der Waals surface area contributed by atoms with E-state index in [9.17, 15) is 9.59 Å². The number of benzene rings is 1. The number of aryl methyl sites for hydroxylation is 2. The van der Waals surface area contributed by atoms with Gasteiger partial charge < -0.3 is 5.32 Å². The summed E-state index contributed by atoms with van der Waals surface area (Å²) in [4.78, 5) is 23.4. The lowest BCUT2D eigenvalue weighted by Gasteiger charge is -2.16. The van der Waals surface area contributed by atoms with E-state index in [2.05, 4.69) is 10.4 Å². The van der Waals surface area contributed by atoms with Crippen LogP contribution in [0.5, 0.6) is 0 Å². The first-order chi connectivity index (χ1) is 9.49. The smallest absolute Gasteiger partial charge is 0.272 e. The molecule has 0 aliphatic heterocycles. The van der Waals surface area contributed by atoms with Crippen molar-refractivity contribution in [1.82, 2.24) is 15.1 Å². The van der Waals surface area contributed by atoms with Gasteiger partial charge in [0, 0.05) is 13.1 Å². The van der Waals surface area contributed by atoms with Gasteiger partial charge >= 0.3 is 0 Å². The molecular formula is C15H17N3O2. The number of amides is 1. The lowest BCUT2D eigenvalue weighted by molar-refractivity contribution is 0.0932. The number of carbonyl (C=O) groups is 1. The van der Waals surface area contributed by atoms with Crippen LogP contribution in [0.15, 0.2) is 41.2 Å². The van der Waals surface area contributed by atoms with Gasteiger partial charge in [-0.1, -0.05) is 24.3 Å². The fraction of sp³-hybridized carbons (Fsp3) is 0.267. The van der Waals surface area contributed by atoms with Gasteiger partial charge in [-0.25, -0.2) is 4.68 Å². The normalized spacial score (nSPS) is 11.9. The maximum atomic E-state index is 12.1. The predicted molar refractivity (Wildman–Crippen MR) is 76.5 cm³/mol. The zero-order valence-corrected chi connectivity index (χ0v) is 11.8. The van der Waals surface area contributed by atoms with Gasteiger partial charge in [-0.05, 0) is 31.0 Å². The maximum absolute atomic E-state index is 12.1. The van der Waals surface area contributed by atoms with Crippen LogP contribution in [-0.2, 0) is 7.05 Å². The number of aromatic nitrogens is 2. The van der Waals surface area contributed by atoms with Crippen LogP contribution in [0.4, 0.5) is 0 Å². The fourth-order valence-corrected chi connectivity index (χ4v) is 2.04. The van der Waals surface area contributed by atoms with Gasteiger partial charge in [-0.15, -0.1) is 0 Å². The second-order valence-electron chi connectivity index (χ2n) is 4.73. The Balaban J connectivity index is 2.17. The molecule has 1 N–H and O–H groups in total. The van der Waals surface area contributed by atoms with Gasteiger partial charge in [0.1, 0.15) is 5.69 Å². The summed E-state index contributed by atoms with van der Waals surface area (Å²) in [7, 11) is 1.52. The van der Waals surface area contributed by atoms with Crippen molar-refractivity contribution >= 4 is 5.91 Å². The Hall–Kier alpha value is -2.43. The maximum Gasteiger partial charge on any atom is 0.272 e. The average Bonchev–Trinajstić information content (AvgIpc) is 2.42. The molecule has 1 atom stereocenters. The van der Waals surface area contributed by atoms with Crippen molar-refractivity contribution in [3.8, 4) is 0 Å². The molecule has 1 heterocycles. The number of rotatable bonds is 3. The topological polar surface area (TPSA) is 64.0 Å². The molecule has 0 radical (unpaired) electrons. The largest absolute Gasteiger partial charge is 0.344 e. The van der Waals surface area contributed by atoms with Gasteiger partial charge in [0.05, 0.1) is 6.04 Å². The Bertz CT molecular complexity index is 692. The van der Waals surface area contributed by atoms with Gasteiger partial charge in [-0.3, -0.25) is 9.59 Å². The third-order valence-corrected chi connectivity index (χ3v) is 3.20. The molecule has 5 nitrogen and oxygen atoms in total. The zero-order valence-electron chi connectivity index (χ0n) is 11.8. The first-order valence-electron chi connectivity index (χ1n) is 6.40. The van der Waals surface area contributed by atoms with Crippen LogP contribution in [-0.4, -0.2) is 15.7 Å². The van der Waals surface area contributed by atoms with Crippen molar-refractivity contribution in [2.24, 2.45) is 7.05 Å². The second-order valence-corrected chi connectivity index (χ2v) is 4.73. The number of hydrogen-bond donors (Lipinski definition) is 1. The van der Waals surface area contributed by atoms with Crippen LogP contribution < -0.4 is 10.9 Å². The molecule has 5 heteroatoms. The van der Waals surface area contributed by atoms with E-state index in [4.69, 9.17) is 0 Å². The van der Waals surface area contributed by atoms with Gasteiger partial charge in [0.25, 0.3) is 11.5 Å². The molecule has 0 bridgehead atoms. The van der Waals surface area contributed by atoms with Gasteiger partial charge in [-0.2, -0.15) is 5.10 Å². The van der Waals surface area contributed by atoms with E-state index >= 15 is 0 Å². The summed E-state index contributed by atoms with van der Waals surface area (Å²) in [5, 5.41) is 6.82. The van der Waals surface area contributed by atoms with Crippen molar-refractivity contribution in [3.63, 3.8) is 0 Å². The van der Waals surface area contributed by atoms with E-state index in [0.29, 0.717) is 0 Å². The third kappa shape index (κ3) is 2.93. The Kier molecular flexibility index (Phi) is 3.98. The first kappa shape index (κ1) is 14.0. The molecule has 1 unspecified atom stereocenters. The van der Waals surface area contributed by atoms with Crippen LogP contribution in [0.3, 0.4) is 0 Å². The van der Waals surface area contributed by atoms with Crippen molar-refractivity contribution < 1.29 is 4.79 Å². The molecule has 0 fully saturated rings. The highest BCUT2D eigenvalue weighted by molar-refractivity contribution is 5.92. The van der Waals surface area contributed by atoms with Crippen molar-refractivity contribution in [1.29, 1.82) is 0 Å². The van der Waals surface area contributed by atoms with Gasteiger partial charge in [0.2, 0.25) is 0 Å². The number of nitrogens with one attached hydrogen (secondary N) is 1. The van der Waals surface area contributed by atoms with Crippen molar-refractivity contribution in [2.45, 2.75) is 19.9 Å². The Morgan fingerprint density at radius 1 is 1.25 bits per heavy atom. The lowest BCUT2D eigenvalue weighted by atomic mass is 10.0. The van der Waals surface area contributed by atoms with E-state index in [0.717, 1.165) is 15.8 Å². The molecular weight excluding hydrogens is 254 g/mol. The zero-order chi connectivity index (χ0) is 14.7. The van der Waals surface area contributed by atoms with Crippen LogP contribution in [0.1, 0.15) is 34.6 Å². The minimum Gasteiger partial charge on any atom is -0.344 e. The van der Waals surface area contributed by atoms with Crippen LogP contribution >= 0.6 is 0 Å². The lowest BCUT2D eigenvalue weighted by Crippen LogP contribution is -2.30. The van der Waals surface area contributed by atoms with E-state index < -0.39 is 0 Å². The van der Waals surface area contributed by atoms with E-state index in [1.165, 1.54) is 19.2 Å². The molecule has 20 heavy (non-hydrogen) atoms. The highest BCUT2D eigenvalue weighted by atomic mass is 16.2. The van der Waals surface area contributed by atoms with Crippen molar-refractivity contribution in [2.75, 3.05) is 0 Å². The molecule has 0 saturated carbocycles. The molecule has 1 aromatic carbocycles. The molecule has 0 aliphatic carbocycles. The molecule has 1 amide bonds. The standard InChI is InChI=1S/C15H17N3O2/c1-10-6-4-5-7-12(10)11(2)16-15(20)13-8-9-14(19)18(3)17-13/h4-9,11H,1-3H3,(H,16,20). The summed E-state index contributed by atoms with van der Waals surface area (Å²) in [5.74, 6) is -0.295. The Morgan fingerprint density at radius 3 is 2.60 bits per heavy atom. The van der Waals surface area contributed by atoms with Crippen LogP contribution in [0.25, 0.3) is 0 Å². The number of nitrogens with zero attached hydrogens (tertiary/aromatic N) is 2. The number of hydrogen-bond acceptors (Lipinski definition) is 3. The quantitative estimate of drug-likeness (QED) is 0.921. The third-order valence-electron chi connectivity index (χ3n) is 3.20. The molecule has 0 saturated heterocycles. The number of carbonyl (C=O) groups excluding carboxylic acids is 1. The molecule has 0 spiro atoms. The molecule has 2 aromatic rings. The van der Waals surface area contributed by atoms with Gasteiger partial charge in [0.15, 0.2) is 0 Å². The second kappa shape index (κ2) is 5.69. The highest BCUT2D eigenvalue weighted by Crippen LogP contribution is 2.16. The minimum atomic E-state index is -0.295. The summed E-state index contributed by atoms with van der Waals surface area (Å²) in [6, 6.07) is 10.5. The Morgan fingerprint density at radius 2 is 1.95 bits per heavy atom. The van der Waals surface area contributed by atoms with Crippen LogP contribution in [0, 0.1) is 6.92 Å². The molecule has 1 aromatic heterocycles. The SMILES string of the molecule is Cc1ccccc1C(C)NC(=O)c1ccc(=O)n(C)n1. The summed E-state index contributed by atoms with van der Waals surface area (Å²) in [5.41, 5.74) is 2.17. The summed E-state index contributed by atoms with van der Waals surface area (Å²) in [6.07, 6.45) is 0. The predicted octanol–water partition coefficient (Wildman–Crippen LogP) is 1.58. The highest BCUT2D eigenvalue weighted by Gasteiger charge is 2.14. The molecule has 104 valence electrons. The van der Waals surface area contributed by atoms with Crippen molar-refractivity contribution in [3.05, 3.63) is 63.6 Å².